The number of aromatic nitrogens is 4. The van der Waals surface area contributed by atoms with Gasteiger partial charge in [-0.2, -0.15) is 4.98 Å². The van der Waals surface area contributed by atoms with E-state index in [4.69, 9.17) is 14.2 Å². The molecule has 1 fully saturated rings. The molecule has 14 nitrogen and oxygen atoms in total. The third kappa shape index (κ3) is 5.16. The van der Waals surface area contributed by atoms with E-state index < -0.39 is 28.2 Å². The van der Waals surface area contributed by atoms with E-state index in [2.05, 4.69) is 9.97 Å². The Labute approximate surface area is 197 Å². The lowest BCUT2D eigenvalue weighted by molar-refractivity contribution is -0.384. The molecular weight excluding hydrogens is 464 g/mol. The van der Waals surface area contributed by atoms with Gasteiger partial charge in [-0.1, -0.05) is 0 Å². The van der Waals surface area contributed by atoms with Crippen molar-refractivity contribution >= 4 is 28.8 Å². The molecule has 1 N–H and O–H groups in total. The van der Waals surface area contributed by atoms with Crippen LogP contribution in [0.2, 0.25) is 0 Å². The lowest BCUT2D eigenvalue weighted by atomic mass is 10.3. The number of anilines is 1. The van der Waals surface area contributed by atoms with Gasteiger partial charge in [-0.05, 0) is 12.1 Å². The second kappa shape index (κ2) is 9.97. The number of rotatable bonds is 8. The lowest BCUT2D eigenvalue weighted by Crippen LogP contribution is -2.39. The second-order valence-electron chi connectivity index (χ2n) is 7.91. The molecule has 3 aromatic rings. The molecule has 0 bridgehead atoms. The van der Waals surface area contributed by atoms with Crippen molar-refractivity contribution in [3.63, 3.8) is 0 Å². The van der Waals surface area contributed by atoms with E-state index in [1.54, 1.807) is 4.57 Å². The quantitative estimate of drug-likeness (QED) is 0.263. The number of non-ortho nitro benzene ring substituents is 1. The first-order valence-corrected chi connectivity index (χ1v) is 10.8. The number of hydrogen-bond acceptors (Lipinski definition) is 10. The summed E-state index contributed by atoms with van der Waals surface area (Å²) in [6, 6.07) is 5.48. The minimum Gasteiger partial charge on any atom is -0.490 e. The third-order valence-electron chi connectivity index (χ3n) is 5.48. The van der Waals surface area contributed by atoms with Crippen LogP contribution in [0.15, 0.2) is 33.9 Å². The Morgan fingerprint density at radius 1 is 1.26 bits per heavy atom. The number of fused-ring (bicyclic) bond motifs is 1. The van der Waals surface area contributed by atoms with Gasteiger partial charge in [0.05, 0.1) is 24.7 Å². The van der Waals surface area contributed by atoms with Gasteiger partial charge in [0.15, 0.2) is 17.3 Å². The number of aryl methyl sites for hydroxylation is 1. The zero-order valence-electron chi connectivity index (χ0n) is 19.1. The molecule has 3 heterocycles. The average Bonchev–Trinajstić information content (AvgIpc) is 3.21. The molecule has 0 amide bonds. The summed E-state index contributed by atoms with van der Waals surface area (Å²) in [5, 5.41) is 10.9. The van der Waals surface area contributed by atoms with Gasteiger partial charge in [0.25, 0.3) is 11.2 Å². The Kier molecular flexibility index (Phi) is 6.82. The maximum atomic E-state index is 12.8. The van der Waals surface area contributed by atoms with Gasteiger partial charge in [-0.15, -0.1) is 0 Å². The van der Waals surface area contributed by atoms with Crippen LogP contribution in [-0.4, -0.2) is 69.0 Å². The zero-order valence-corrected chi connectivity index (χ0v) is 19.1. The zero-order chi connectivity index (χ0) is 25.1. The van der Waals surface area contributed by atoms with Gasteiger partial charge in [-0.3, -0.25) is 29.3 Å². The molecular formula is C21H24N6O8. The highest BCUT2D eigenvalue weighted by atomic mass is 16.6. The first kappa shape index (κ1) is 23.9. The minimum atomic E-state index is -0.837. The summed E-state index contributed by atoms with van der Waals surface area (Å²) < 4.78 is 19.4. The summed E-state index contributed by atoms with van der Waals surface area (Å²) in [4.78, 5) is 55.8. The Bertz CT molecular complexity index is 1350. The maximum absolute atomic E-state index is 12.8. The van der Waals surface area contributed by atoms with Crippen LogP contribution in [0, 0.1) is 10.1 Å². The number of nitrogens with one attached hydrogen (secondary N) is 1. The van der Waals surface area contributed by atoms with Crippen molar-refractivity contribution < 1.29 is 23.9 Å². The Morgan fingerprint density at radius 2 is 1.94 bits per heavy atom. The number of carbonyl (C=O) groups is 1. The van der Waals surface area contributed by atoms with Crippen molar-refractivity contribution in [1.29, 1.82) is 0 Å². The van der Waals surface area contributed by atoms with E-state index in [-0.39, 0.29) is 30.0 Å². The van der Waals surface area contributed by atoms with E-state index in [1.165, 1.54) is 42.8 Å². The molecule has 1 saturated heterocycles. The fourth-order valence-electron chi connectivity index (χ4n) is 3.82. The van der Waals surface area contributed by atoms with Crippen molar-refractivity contribution in [2.75, 3.05) is 37.8 Å². The van der Waals surface area contributed by atoms with E-state index in [9.17, 15) is 24.5 Å². The van der Waals surface area contributed by atoms with Gasteiger partial charge in [0, 0.05) is 39.2 Å². The molecule has 0 spiro atoms. The summed E-state index contributed by atoms with van der Waals surface area (Å²) >= 11 is 0. The summed E-state index contributed by atoms with van der Waals surface area (Å²) in [6.45, 7) is 3.15. The number of nitro benzene ring substituents is 1. The number of benzene rings is 1. The van der Waals surface area contributed by atoms with Gasteiger partial charge in [0.1, 0.15) is 12.4 Å². The lowest BCUT2D eigenvalue weighted by Gasteiger charge is -2.29. The van der Waals surface area contributed by atoms with Crippen LogP contribution in [0.25, 0.3) is 11.2 Å². The standard InChI is InChI=1S/C21H24N6O8/c1-13(28)35-16(12-34-15-5-3-14(4-6-15)27(31)32)11-26-17-18(24(2)21(30)23-19(17)29)22-20(26)25-7-9-33-10-8-25/h3-6,16H,7-12H2,1-2H3,(H,23,29,30)/t16-/m0/s1. The van der Waals surface area contributed by atoms with Crippen LogP contribution >= 0.6 is 0 Å². The monoisotopic (exact) mass is 488 g/mol. The summed E-state index contributed by atoms with van der Waals surface area (Å²) in [5.74, 6) is 0.223. The number of hydrogen-bond donors (Lipinski definition) is 1. The number of nitro groups is 1. The highest BCUT2D eigenvalue weighted by Gasteiger charge is 2.26. The van der Waals surface area contributed by atoms with E-state index in [0.29, 0.717) is 38.0 Å². The van der Waals surface area contributed by atoms with Crippen LogP contribution in [0.5, 0.6) is 5.75 Å². The third-order valence-corrected chi connectivity index (χ3v) is 5.48. The maximum Gasteiger partial charge on any atom is 0.329 e. The molecule has 0 radical (unpaired) electrons. The number of H-pyrrole nitrogens is 1. The molecule has 35 heavy (non-hydrogen) atoms. The van der Waals surface area contributed by atoms with Crippen molar-refractivity contribution in [2.24, 2.45) is 7.05 Å². The summed E-state index contributed by atoms with van der Waals surface area (Å²) in [7, 11) is 1.50. The number of esters is 1. The first-order chi connectivity index (χ1) is 16.7. The normalized spacial score (nSPS) is 14.6. The van der Waals surface area contributed by atoms with Crippen LogP contribution < -0.4 is 20.9 Å². The first-order valence-electron chi connectivity index (χ1n) is 10.8. The van der Waals surface area contributed by atoms with E-state index in [1.807, 2.05) is 4.90 Å². The second-order valence-corrected chi connectivity index (χ2v) is 7.91. The molecule has 1 aromatic carbocycles. The van der Waals surface area contributed by atoms with Gasteiger partial charge >= 0.3 is 11.7 Å². The highest BCUT2D eigenvalue weighted by molar-refractivity contribution is 5.74. The smallest absolute Gasteiger partial charge is 0.329 e. The number of imidazole rings is 1. The SMILES string of the molecule is CC(=O)O[C@H](COc1ccc([N+](=O)[O-])cc1)Cn1c(N2CCOCC2)nc2c1c(=O)[nH]c(=O)n2C. The predicted molar refractivity (Wildman–Crippen MR) is 123 cm³/mol. The minimum absolute atomic E-state index is 0.0109. The largest absolute Gasteiger partial charge is 0.490 e. The molecule has 2 aromatic heterocycles. The highest BCUT2D eigenvalue weighted by Crippen LogP contribution is 2.22. The van der Waals surface area contributed by atoms with Gasteiger partial charge in [-0.25, -0.2) is 4.79 Å². The molecule has 1 atom stereocenters. The van der Waals surface area contributed by atoms with Crippen molar-refractivity contribution in [3.05, 3.63) is 55.2 Å². The Morgan fingerprint density at radius 3 is 2.57 bits per heavy atom. The molecule has 1 aliphatic heterocycles. The molecule has 0 saturated carbocycles. The van der Waals surface area contributed by atoms with E-state index >= 15 is 0 Å². The molecule has 0 aliphatic carbocycles. The van der Waals surface area contributed by atoms with Crippen molar-refractivity contribution in [3.8, 4) is 5.75 Å². The molecule has 186 valence electrons. The number of aromatic amines is 1. The fraction of sp³-hybridized carbons (Fsp3) is 0.429. The van der Waals surface area contributed by atoms with Crippen LogP contribution in [-0.2, 0) is 27.9 Å². The van der Waals surface area contributed by atoms with E-state index in [0.717, 1.165) is 0 Å². The van der Waals surface area contributed by atoms with Crippen LogP contribution in [0.4, 0.5) is 11.6 Å². The summed E-state index contributed by atoms with van der Waals surface area (Å²) in [6.07, 6.45) is -0.837. The Balaban J connectivity index is 1.68. The summed E-state index contributed by atoms with van der Waals surface area (Å²) in [5.41, 5.74) is -0.954. The average molecular weight is 488 g/mol. The number of carbonyl (C=O) groups excluding carboxylic acids is 1. The number of nitrogens with zero attached hydrogens (tertiary/aromatic N) is 5. The van der Waals surface area contributed by atoms with Crippen LogP contribution in [0.3, 0.4) is 0 Å². The Hall–Kier alpha value is -4.20. The topological polar surface area (TPSA) is 164 Å². The number of ether oxygens (including phenoxy) is 3. The fourth-order valence-corrected chi connectivity index (χ4v) is 3.82. The molecule has 0 unspecified atom stereocenters. The van der Waals surface area contributed by atoms with Gasteiger partial charge < -0.3 is 23.7 Å². The number of morpholine rings is 1. The van der Waals surface area contributed by atoms with Crippen molar-refractivity contribution in [1.82, 2.24) is 19.1 Å². The molecule has 14 heteroatoms. The van der Waals surface area contributed by atoms with Gasteiger partial charge in [0.2, 0.25) is 5.95 Å². The van der Waals surface area contributed by atoms with Crippen molar-refractivity contribution in [2.45, 2.75) is 19.6 Å². The molecule has 1 aliphatic rings. The molecule has 4 rings (SSSR count). The van der Waals surface area contributed by atoms with Crippen LogP contribution in [0.1, 0.15) is 6.92 Å². The predicted octanol–water partition coefficient (Wildman–Crippen LogP) is 0.179.